The first-order valence-electron chi connectivity index (χ1n) is 10.5. The molecular weight excluding hydrogens is 456 g/mol. The second-order valence-electron chi connectivity index (χ2n) is 7.44. The summed E-state index contributed by atoms with van der Waals surface area (Å²) >= 11 is 0. The number of carbonyl (C=O) groups is 1. The van der Waals surface area contributed by atoms with Crippen molar-refractivity contribution in [1.29, 1.82) is 0 Å². The minimum Gasteiger partial charge on any atom is -0.497 e. The van der Waals surface area contributed by atoms with Crippen molar-refractivity contribution in [3.05, 3.63) is 78.4 Å². The number of rotatable bonds is 10. The molecule has 3 rings (SSSR count). The molecule has 180 valence electrons. The molecule has 0 spiro atoms. The molecule has 0 aliphatic carbocycles. The van der Waals surface area contributed by atoms with E-state index in [4.69, 9.17) is 14.2 Å². The number of nitrogens with zero attached hydrogens (tertiary/aromatic N) is 1. The highest BCUT2D eigenvalue weighted by molar-refractivity contribution is 7.89. The fourth-order valence-electron chi connectivity index (χ4n) is 3.50. The Balaban J connectivity index is 1.93. The Morgan fingerprint density at radius 2 is 1.50 bits per heavy atom. The molecule has 0 radical (unpaired) electrons. The quantitative estimate of drug-likeness (QED) is 0.466. The van der Waals surface area contributed by atoms with E-state index in [1.54, 1.807) is 67.8 Å². The third-order valence-corrected chi connectivity index (χ3v) is 7.30. The summed E-state index contributed by atoms with van der Waals surface area (Å²) in [5.41, 5.74) is 1.07. The van der Waals surface area contributed by atoms with E-state index in [9.17, 15) is 13.2 Å². The summed E-state index contributed by atoms with van der Waals surface area (Å²) in [6.45, 7) is 0. The van der Waals surface area contributed by atoms with Gasteiger partial charge in [0.05, 0.1) is 38.0 Å². The molecule has 0 bridgehead atoms. The molecule has 34 heavy (non-hydrogen) atoms. The first-order valence-corrected chi connectivity index (χ1v) is 11.9. The summed E-state index contributed by atoms with van der Waals surface area (Å²) in [5.74, 6) is 1.25. The molecule has 0 unspecified atom stereocenters. The van der Waals surface area contributed by atoms with Gasteiger partial charge in [-0.3, -0.25) is 4.79 Å². The molecule has 0 saturated carbocycles. The smallest absolute Gasteiger partial charge is 0.243 e. The lowest BCUT2D eigenvalue weighted by Gasteiger charge is -2.28. The first-order chi connectivity index (χ1) is 16.3. The molecule has 9 heteroatoms. The molecule has 1 atom stereocenters. The van der Waals surface area contributed by atoms with Gasteiger partial charge in [0.2, 0.25) is 15.9 Å². The molecule has 3 aromatic rings. The van der Waals surface area contributed by atoms with Crippen LogP contribution >= 0.6 is 0 Å². The maximum atomic E-state index is 13.3. The first kappa shape index (κ1) is 25.1. The van der Waals surface area contributed by atoms with Gasteiger partial charge in [-0.15, -0.1) is 0 Å². The molecule has 0 aliphatic rings. The number of benzene rings is 3. The second kappa shape index (κ2) is 11.0. The topological polar surface area (TPSA) is 94.2 Å². The van der Waals surface area contributed by atoms with Crippen LogP contribution in [-0.2, 0) is 14.8 Å². The van der Waals surface area contributed by atoms with Gasteiger partial charge in [-0.2, -0.15) is 4.31 Å². The fraction of sp³-hybridized carbons (Fsp3) is 0.240. The number of methoxy groups -OCH3 is 3. The zero-order chi connectivity index (χ0) is 24.7. The van der Waals surface area contributed by atoms with Gasteiger partial charge in [0.1, 0.15) is 17.2 Å². The number of amides is 1. The van der Waals surface area contributed by atoms with Gasteiger partial charge < -0.3 is 19.5 Å². The van der Waals surface area contributed by atoms with Crippen LogP contribution in [0.25, 0.3) is 0 Å². The molecule has 1 N–H and O–H groups in total. The molecule has 1 amide bonds. The molecule has 8 nitrogen and oxygen atoms in total. The summed E-state index contributed by atoms with van der Waals surface area (Å²) in [6, 6.07) is 19.3. The lowest BCUT2D eigenvalue weighted by Crippen LogP contribution is -2.33. The number of anilines is 1. The summed E-state index contributed by atoms with van der Waals surface area (Å²) < 4.78 is 43.6. The number of nitrogens with one attached hydrogen (secondary N) is 1. The minimum atomic E-state index is -3.87. The zero-order valence-electron chi connectivity index (χ0n) is 19.5. The van der Waals surface area contributed by atoms with E-state index >= 15 is 0 Å². The standard InChI is InChI=1S/C25H28N2O6S/c1-27(34(29,30)21-8-6-5-7-9-21)23(18-10-12-19(31-2)13-11-18)17-25(28)26-22-16-20(32-3)14-15-24(22)33-4/h5-16,23H,17H2,1-4H3,(H,26,28)/t23-/m1/s1. The molecular formula is C25H28N2O6S. The SMILES string of the molecule is COc1ccc([C@@H](CC(=O)Nc2cc(OC)ccc2OC)N(C)S(=O)(=O)c2ccccc2)cc1. The second-order valence-corrected chi connectivity index (χ2v) is 9.44. The monoisotopic (exact) mass is 484 g/mol. The highest BCUT2D eigenvalue weighted by Gasteiger charge is 2.31. The Hall–Kier alpha value is -3.56. The van der Waals surface area contributed by atoms with Gasteiger partial charge in [-0.25, -0.2) is 8.42 Å². The largest absolute Gasteiger partial charge is 0.497 e. The predicted octanol–water partition coefficient (Wildman–Crippen LogP) is 4.10. The van der Waals surface area contributed by atoms with Crippen LogP contribution in [-0.4, -0.2) is 47.0 Å². The third kappa shape index (κ3) is 5.67. The highest BCUT2D eigenvalue weighted by atomic mass is 32.2. The molecule has 0 fully saturated rings. The van der Waals surface area contributed by atoms with Crippen molar-refractivity contribution < 1.29 is 27.4 Å². The van der Waals surface area contributed by atoms with Gasteiger partial charge in [0.15, 0.2) is 0 Å². The minimum absolute atomic E-state index is 0.130. The number of sulfonamides is 1. The van der Waals surface area contributed by atoms with E-state index in [1.165, 1.54) is 37.7 Å². The summed E-state index contributed by atoms with van der Waals surface area (Å²) in [4.78, 5) is 13.2. The van der Waals surface area contributed by atoms with E-state index in [0.717, 1.165) is 0 Å². The molecule has 0 saturated heterocycles. The van der Waals surface area contributed by atoms with Gasteiger partial charge in [0, 0.05) is 19.5 Å². The van der Waals surface area contributed by atoms with E-state index in [-0.39, 0.29) is 17.2 Å². The zero-order valence-corrected chi connectivity index (χ0v) is 20.3. The van der Waals surface area contributed by atoms with Crippen LogP contribution in [0.5, 0.6) is 17.2 Å². The van der Waals surface area contributed by atoms with Crippen molar-refractivity contribution in [1.82, 2.24) is 4.31 Å². The third-order valence-electron chi connectivity index (χ3n) is 5.42. The van der Waals surface area contributed by atoms with E-state index in [0.29, 0.717) is 28.5 Å². The summed E-state index contributed by atoms with van der Waals surface area (Å²) in [7, 11) is 2.17. The van der Waals surface area contributed by atoms with Crippen LogP contribution < -0.4 is 19.5 Å². The normalized spacial score (nSPS) is 12.1. The van der Waals surface area contributed by atoms with Crippen LogP contribution in [0.3, 0.4) is 0 Å². The number of carbonyl (C=O) groups excluding carboxylic acids is 1. The Morgan fingerprint density at radius 1 is 0.882 bits per heavy atom. The van der Waals surface area contributed by atoms with Crippen molar-refractivity contribution in [2.45, 2.75) is 17.4 Å². The molecule has 0 aromatic heterocycles. The molecule has 0 heterocycles. The van der Waals surface area contributed by atoms with Crippen molar-refractivity contribution in [3.63, 3.8) is 0 Å². The molecule has 3 aromatic carbocycles. The Morgan fingerprint density at radius 3 is 2.09 bits per heavy atom. The average Bonchev–Trinajstić information content (AvgIpc) is 2.87. The van der Waals surface area contributed by atoms with Crippen molar-refractivity contribution in [2.24, 2.45) is 0 Å². The fourth-order valence-corrected chi connectivity index (χ4v) is 4.86. The maximum absolute atomic E-state index is 13.3. The van der Waals surface area contributed by atoms with Crippen molar-refractivity contribution in [3.8, 4) is 17.2 Å². The van der Waals surface area contributed by atoms with E-state index in [1.807, 2.05) is 0 Å². The number of ether oxygens (including phenoxy) is 3. The van der Waals surface area contributed by atoms with Crippen LogP contribution in [0.4, 0.5) is 5.69 Å². The summed E-state index contributed by atoms with van der Waals surface area (Å²) in [5, 5.41) is 2.81. The van der Waals surface area contributed by atoms with Gasteiger partial charge in [-0.05, 0) is 42.0 Å². The highest BCUT2D eigenvalue weighted by Crippen LogP contribution is 2.32. The Bertz CT molecular complexity index is 1210. The predicted molar refractivity (Wildman–Crippen MR) is 130 cm³/mol. The van der Waals surface area contributed by atoms with Crippen LogP contribution in [0.1, 0.15) is 18.0 Å². The number of hydrogen-bond acceptors (Lipinski definition) is 6. The average molecular weight is 485 g/mol. The number of hydrogen-bond donors (Lipinski definition) is 1. The van der Waals surface area contributed by atoms with E-state index in [2.05, 4.69) is 5.32 Å². The maximum Gasteiger partial charge on any atom is 0.243 e. The van der Waals surface area contributed by atoms with Gasteiger partial charge >= 0.3 is 0 Å². The lowest BCUT2D eigenvalue weighted by atomic mass is 10.0. The van der Waals surface area contributed by atoms with E-state index < -0.39 is 16.1 Å². The van der Waals surface area contributed by atoms with Crippen molar-refractivity contribution >= 4 is 21.6 Å². The van der Waals surface area contributed by atoms with Gasteiger partial charge in [0.25, 0.3) is 0 Å². The Labute approximate surface area is 200 Å². The lowest BCUT2D eigenvalue weighted by molar-refractivity contribution is -0.117. The Kier molecular flexibility index (Phi) is 8.14. The summed E-state index contributed by atoms with van der Waals surface area (Å²) in [6.07, 6.45) is -0.130. The van der Waals surface area contributed by atoms with Crippen LogP contribution in [0, 0.1) is 0 Å². The van der Waals surface area contributed by atoms with Crippen LogP contribution in [0.2, 0.25) is 0 Å². The van der Waals surface area contributed by atoms with Crippen molar-refractivity contribution in [2.75, 3.05) is 33.7 Å². The van der Waals surface area contributed by atoms with Crippen LogP contribution in [0.15, 0.2) is 77.7 Å². The van der Waals surface area contributed by atoms with Gasteiger partial charge in [-0.1, -0.05) is 30.3 Å². The molecule has 0 aliphatic heterocycles.